The van der Waals surface area contributed by atoms with Crippen LogP contribution in [0.15, 0.2) is 48.0 Å². The van der Waals surface area contributed by atoms with E-state index in [0.717, 1.165) is 19.0 Å². The van der Waals surface area contributed by atoms with Crippen molar-refractivity contribution in [3.8, 4) is 22.6 Å². The molecule has 10 nitrogen and oxygen atoms in total. The van der Waals surface area contributed by atoms with Gasteiger partial charge in [-0.25, -0.2) is 18.7 Å². The maximum atomic E-state index is 16.8. The number of nitrogens with zero attached hydrogens (tertiary/aromatic N) is 7. The van der Waals surface area contributed by atoms with Crippen LogP contribution in [0, 0.1) is 11.6 Å². The first kappa shape index (κ1) is 37.2. The van der Waals surface area contributed by atoms with Gasteiger partial charge in [0.1, 0.15) is 29.4 Å². The van der Waals surface area contributed by atoms with Crippen molar-refractivity contribution in [1.82, 2.24) is 24.3 Å². The van der Waals surface area contributed by atoms with Crippen LogP contribution in [0.25, 0.3) is 27.7 Å². The number of halogens is 3. The minimum absolute atomic E-state index is 0.147. The topological polar surface area (TPSA) is 98.0 Å². The van der Waals surface area contributed by atoms with Gasteiger partial charge in [-0.3, -0.25) is 14.2 Å². The molecule has 2 aromatic heterocycles. The van der Waals surface area contributed by atoms with Crippen molar-refractivity contribution in [2.45, 2.75) is 65.0 Å². The van der Waals surface area contributed by atoms with Crippen molar-refractivity contribution in [3.05, 3.63) is 81.6 Å². The van der Waals surface area contributed by atoms with Crippen molar-refractivity contribution >= 4 is 39.8 Å². The Hall–Kier alpha value is -4.55. The molecule has 2 aliphatic rings. The summed E-state index contributed by atoms with van der Waals surface area (Å²) in [6.45, 7) is 15.9. The number of pyridine rings is 1. The molecule has 0 spiro atoms. The molecule has 1 N–H and O–H groups in total. The van der Waals surface area contributed by atoms with Crippen molar-refractivity contribution in [2.75, 3.05) is 56.6 Å². The van der Waals surface area contributed by atoms with Gasteiger partial charge in [0.15, 0.2) is 0 Å². The molecule has 0 radical (unpaired) electrons. The summed E-state index contributed by atoms with van der Waals surface area (Å²) in [7, 11) is 3.97. The highest BCUT2D eigenvalue weighted by Crippen LogP contribution is 2.48. The number of carbonyl (C=O) groups is 1. The zero-order valence-corrected chi connectivity index (χ0v) is 31.5. The molecule has 6 rings (SSSR count). The van der Waals surface area contributed by atoms with Gasteiger partial charge in [0, 0.05) is 43.2 Å². The minimum atomic E-state index is -0.871. The van der Waals surface area contributed by atoms with Crippen molar-refractivity contribution in [2.24, 2.45) is 0 Å². The number of fused-ring (bicyclic) bond motifs is 5. The molecular weight excluding hydrogens is 688 g/mol. The first-order valence-electron chi connectivity index (χ1n) is 17.7. The number of hydrogen-bond donors (Lipinski definition) is 1. The summed E-state index contributed by atoms with van der Waals surface area (Å²) in [4.78, 5) is 45.8. The second-order valence-electron chi connectivity index (χ2n) is 14.7. The number of aromatic nitrogens is 3. The van der Waals surface area contributed by atoms with Crippen molar-refractivity contribution in [3.63, 3.8) is 0 Å². The van der Waals surface area contributed by atoms with Crippen LogP contribution in [-0.4, -0.2) is 94.3 Å². The molecule has 4 heterocycles. The highest BCUT2D eigenvalue weighted by atomic mass is 35.5. The SMILES string of the molecule is C=CC(=O)N1CC2CN(CCCN(C)C)c3c(c4cc(F)c(-c5c(O)cccc5F)c(Cl)c4n(-c4c(C(C)C)ncnc4C(C)C)c3=O)N2CC1C. The van der Waals surface area contributed by atoms with Crippen LogP contribution in [0.4, 0.5) is 20.2 Å². The third-order valence-corrected chi connectivity index (χ3v) is 10.5. The maximum absolute atomic E-state index is 16.8. The third-order valence-electron chi connectivity index (χ3n) is 10.1. The second kappa shape index (κ2) is 14.5. The summed E-state index contributed by atoms with van der Waals surface area (Å²) in [6, 6.07) is 4.48. The fourth-order valence-corrected chi connectivity index (χ4v) is 8.09. The van der Waals surface area contributed by atoms with E-state index >= 15 is 13.6 Å². The van der Waals surface area contributed by atoms with E-state index in [1.54, 1.807) is 4.90 Å². The summed E-state index contributed by atoms with van der Waals surface area (Å²) >= 11 is 7.28. The molecule has 2 aromatic carbocycles. The molecule has 1 fully saturated rings. The number of rotatable bonds is 9. The van der Waals surface area contributed by atoms with Crippen LogP contribution < -0.4 is 15.4 Å². The first-order chi connectivity index (χ1) is 24.7. The molecule has 4 aromatic rings. The van der Waals surface area contributed by atoms with Gasteiger partial charge in [-0.15, -0.1) is 0 Å². The molecule has 1 amide bonds. The van der Waals surface area contributed by atoms with E-state index in [1.165, 1.54) is 35.2 Å². The lowest BCUT2D eigenvalue weighted by molar-refractivity contribution is -0.128. The summed E-state index contributed by atoms with van der Waals surface area (Å²) in [5, 5.41) is 10.9. The van der Waals surface area contributed by atoms with Gasteiger partial charge in [-0.05, 0) is 70.1 Å². The number of phenols is 1. The van der Waals surface area contributed by atoms with E-state index in [0.29, 0.717) is 60.0 Å². The fourth-order valence-electron chi connectivity index (χ4n) is 7.72. The first-order valence-corrected chi connectivity index (χ1v) is 18.1. The van der Waals surface area contributed by atoms with Crippen LogP contribution in [0.1, 0.15) is 64.3 Å². The lowest BCUT2D eigenvalue weighted by Gasteiger charge is -2.52. The Labute approximate surface area is 307 Å². The highest BCUT2D eigenvalue weighted by molar-refractivity contribution is 6.38. The predicted molar refractivity (Wildman–Crippen MR) is 203 cm³/mol. The Bertz CT molecular complexity index is 2070. The summed E-state index contributed by atoms with van der Waals surface area (Å²) in [5.74, 6) is -2.72. The molecule has 2 unspecified atom stereocenters. The van der Waals surface area contributed by atoms with Crippen LogP contribution >= 0.6 is 11.6 Å². The number of carbonyl (C=O) groups excluding carboxylic acids is 1. The Morgan fingerprint density at radius 2 is 1.71 bits per heavy atom. The molecule has 13 heteroatoms. The number of aromatic hydroxyl groups is 1. The average molecular weight is 734 g/mol. The molecule has 0 saturated carbocycles. The molecule has 0 aliphatic carbocycles. The molecule has 0 bridgehead atoms. The van der Waals surface area contributed by atoms with E-state index in [2.05, 4.69) is 26.3 Å². The average Bonchev–Trinajstić information content (AvgIpc) is 3.08. The number of amides is 1. The van der Waals surface area contributed by atoms with Crippen molar-refractivity contribution in [1.29, 1.82) is 0 Å². The zero-order chi connectivity index (χ0) is 37.8. The fraction of sp³-hybridized carbons (Fsp3) is 0.436. The number of phenolic OH excluding ortho intramolecular Hbond substituents is 1. The minimum Gasteiger partial charge on any atom is -0.507 e. The monoisotopic (exact) mass is 733 g/mol. The van der Waals surface area contributed by atoms with Gasteiger partial charge in [0.05, 0.1) is 44.9 Å². The van der Waals surface area contributed by atoms with E-state index in [4.69, 9.17) is 11.6 Å². The van der Waals surface area contributed by atoms with E-state index in [9.17, 15) is 9.90 Å². The lowest BCUT2D eigenvalue weighted by atomic mass is 9.95. The molecule has 276 valence electrons. The summed E-state index contributed by atoms with van der Waals surface area (Å²) in [5.41, 5.74) is 1.47. The zero-order valence-electron chi connectivity index (χ0n) is 30.8. The van der Waals surface area contributed by atoms with Crippen LogP contribution in [0.5, 0.6) is 5.75 Å². The molecular formula is C39H46ClF2N7O3. The highest BCUT2D eigenvalue weighted by Gasteiger charge is 2.43. The molecule has 2 aliphatic heterocycles. The van der Waals surface area contributed by atoms with Gasteiger partial charge in [0.2, 0.25) is 5.91 Å². The largest absolute Gasteiger partial charge is 0.507 e. The van der Waals surface area contributed by atoms with Gasteiger partial charge in [-0.2, -0.15) is 0 Å². The Balaban J connectivity index is 1.79. The maximum Gasteiger partial charge on any atom is 0.281 e. The Morgan fingerprint density at radius 1 is 1.04 bits per heavy atom. The van der Waals surface area contributed by atoms with Gasteiger partial charge < -0.3 is 24.7 Å². The van der Waals surface area contributed by atoms with Crippen molar-refractivity contribution < 1.29 is 18.7 Å². The molecule has 52 heavy (non-hydrogen) atoms. The quantitative estimate of drug-likeness (QED) is 0.190. The van der Waals surface area contributed by atoms with Gasteiger partial charge >= 0.3 is 0 Å². The summed E-state index contributed by atoms with van der Waals surface area (Å²) < 4.78 is 33.8. The standard InChI is InChI=1S/C39H46ClF2N7O3/c1-9-29(51)47-19-24-18-46(15-11-14-45(7)8)38-36(48(24)17-23(47)6)25-16-27(42)31(30-26(41)12-10-13-28(30)50)32(40)35(25)49(39(38)52)37-33(21(2)3)43-20-44-34(37)22(4)5/h9-10,12-13,16,20-24,50H,1,11,14-15,17-19H2,2-8H3. The number of benzene rings is 2. The second-order valence-corrected chi connectivity index (χ2v) is 15.0. The lowest BCUT2D eigenvalue weighted by Crippen LogP contribution is -2.64. The predicted octanol–water partition coefficient (Wildman–Crippen LogP) is 6.70. The van der Waals surface area contributed by atoms with E-state index in [-0.39, 0.29) is 45.9 Å². The molecule has 2 atom stereocenters. The van der Waals surface area contributed by atoms with Crippen LogP contribution in [0.2, 0.25) is 5.02 Å². The number of hydrogen-bond acceptors (Lipinski definition) is 8. The van der Waals surface area contributed by atoms with Gasteiger partial charge in [-0.1, -0.05) is 51.9 Å². The molecule has 1 saturated heterocycles. The normalized spacial score (nSPS) is 17.4. The summed E-state index contributed by atoms with van der Waals surface area (Å²) in [6.07, 6.45) is 3.51. The Kier molecular flexibility index (Phi) is 10.4. The number of anilines is 2. The smallest absolute Gasteiger partial charge is 0.281 e. The van der Waals surface area contributed by atoms with E-state index in [1.807, 2.05) is 53.6 Å². The van der Waals surface area contributed by atoms with Crippen LogP contribution in [-0.2, 0) is 4.79 Å². The number of piperazine rings is 1. The Morgan fingerprint density at radius 3 is 2.31 bits per heavy atom. The third kappa shape index (κ3) is 6.29. The van der Waals surface area contributed by atoms with Gasteiger partial charge in [0.25, 0.3) is 5.56 Å². The van der Waals surface area contributed by atoms with E-state index < -0.39 is 28.5 Å². The van der Waals surface area contributed by atoms with Crippen LogP contribution in [0.3, 0.4) is 0 Å².